The van der Waals surface area contributed by atoms with E-state index in [0.717, 1.165) is 84.1 Å². The van der Waals surface area contributed by atoms with Gasteiger partial charge in [0, 0.05) is 56.2 Å². The van der Waals surface area contributed by atoms with Crippen molar-refractivity contribution in [2.75, 3.05) is 4.90 Å². The number of anilines is 3. The molecule has 1 atom stereocenters. The number of hydrogen-bond acceptors (Lipinski definition) is 2. The van der Waals surface area contributed by atoms with Gasteiger partial charge < -0.3 is 14.2 Å². The number of benzene rings is 10. The van der Waals surface area contributed by atoms with E-state index in [-0.39, 0.29) is 0 Å². The van der Waals surface area contributed by atoms with E-state index < -0.39 is 5.41 Å². The van der Waals surface area contributed by atoms with Crippen LogP contribution >= 0.6 is 0 Å². The summed E-state index contributed by atoms with van der Waals surface area (Å²) < 4.78 is 9.62. The number of allylic oxidation sites excluding steroid dienone is 5. The fourth-order valence-corrected chi connectivity index (χ4v) is 11.5. The second kappa shape index (κ2) is 16.2. The predicted octanol–water partition coefficient (Wildman–Crippen LogP) is 17.7. The van der Waals surface area contributed by atoms with Crippen LogP contribution in [0.5, 0.6) is 11.5 Å². The number of hydrogen-bond donors (Lipinski definition) is 0. The predicted molar refractivity (Wildman–Crippen MR) is 289 cm³/mol. The van der Waals surface area contributed by atoms with E-state index in [1.807, 2.05) is 13.0 Å². The van der Waals surface area contributed by atoms with E-state index in [9.17, 15) is 0 Å². The average Bonchev–Trinajstić information content (AvgIpc) is 3.74. The summed E-state index contributed by atoms with van der Waals surface area (Å²) in [4.78, 5) is 2.44. The zero-order chi connectivity index (χ0) is 46.1. The molecule has 1 spiro atoms. The van der Waals surface area contributed by atoms with Gasteiger partial charge in [0.15, 0.2) is 0 Å². The Labute approximate surface area is 402 Å². The number of fused-ring (bicyclic) bond motifs is 11. The first-order chi connectivity index (χ1) is 34.2. The molecular formula is C66H46N2O. The van der Waals surface area contributed by atoms with Crippen molar-refractivity contribution in [2.24, 2.45) is 0 Å². The average molecular weight is 883 g/mol. The zero-order valence-corrected chi connectivity index (χ0v) is 38.2. The molecule has 11 aromatic rings. The minimum atomic E-state index is -0.658. The number of rotatable bonds is 8. The lowest BCUT2D eigenvalue weighted by molar-refractivity contribution is 0.435. The van der Waals surface area contributed by atoms with Gasteiger partial charge in [0.25, 0.3) is 0 Å². The van der Waals surface area contributed by atoms with E-state index in [2.05, 4.69) is 259 Å². The molecule has 69 heavy (non-hydrogen) atoms. The fourth-order valence-electron chi connectivity index (χ4n) is 11.5. The summed E-state index contributed by atoms with van der Waals surface area (Å²) in [7, 11) is 0. The molecule has 0 radical (unpaired) electrons. The van der Waals surface area contributed by atoms with Crippen LogP contribution in [0, 0.1) is 0 Å². The molecule has 3 heteroatoms. The molecule has 0 saturated carbocycles. The largest absolute Gasteiger partial charge is 0.457 e. The molecule has 3 nitrogen and oxygen atoms in total. The Bertz CT molecular complexity index is 3910. The van der Waals surface area contributed by atoms with Gasteiger partial charge in [0.05, 0.1) is 22.1 Å². The lowest BCUT2D eigenvalue weighted by Gasteiger charge is -2.45. The summed E-state index contributed by atoms with van der Waals surface area (Å²) in [5.74, 6) is 1.67. The highest BCUT2D eigenvalue weighted by molar-refractivity contribution is 6.11. The SMILES string of the molecule is C=C/C(=C\C=C/C)c1cccc(-c2ccccc2)c1N(c1ccc2c(c1)Oc1ccccc1C21c2ccccc2-c2cccc3cccc1c23)c1ccc2c(c1)c1ccccc1n2-c1ccccc1. The molecule has 13 rings (SSSR count). The van der Waals surface area contributed by atoms with E-state index in [1.54, 1.807) is 0 Å². The van der Waals surface area contributed by atoms with Gasteiger partial charge in [-0.05, 0) is 99.6 Å². The van der Waals surface area contributed by atoms with E-state index in [0.29, 0.717) is 0 Å². The van der Waals surface area contributed by atoms with Crippen molar-refractivity contribution in [2.45, 2.75) is 12.3 Å². The van der Waals surface area contributed by atoms with Crippen molar-refractivity contribution >= 4 is 55.2 Å². The zero-order valence-electron chi connectivity index (χ0n) is 38.2. The van der Waals surface area contributed by atoms with Crippen molar-refractivity contribution in [3.63, 3.8) is 0 Å². The van der Waals surface area contributed by atoms with Crippen LogP contribution in [0.4, 0.5) is 17.1 Å². The highest BCUT2D eigenvalue weighted by atomic mass is 16.5. The van der Waals surface area contributed by atoms with Crippen LogP contribution in [0.2, 0.25) is 0 Å². The Morgan fingerprint density at radius 3 is 2.00 bits per heavy atom. The second-order valence-corrected chi connectivity index (χ2v) is 17.9. The van der Waals surface area contributed by atoms with Gasteiger partial charge in [-0.15, -0.1) is 0 Å². The Morgan fingerprint density at radius 2 is 1.16 bits per heavy atom. The first-order valence-electron chi connectivity index (χ1n) is 23.7. The van der Waals surface area contributed by atoms with Gasteiger partial charge in [-0.3, -0.25) is 0 Å². The van der Waals surface area contributed by atoms with Crippen molar-refractivity contribution in [1.82, 2.24) is 4.57 Å². The van der Waals surface area contributed by atoms with E-state index in [4.69, 9.17) is 4.74 Å². The summed E-state index contributed by atoms with van der Waals surface area (Å²) in [6.45, 7) is 6.43. The highest BCUT2D eigenvalue weighted by Crippen LogP contribution is 2.62. The molecule has 1 aliphatic carbocycles. The Balaban J connectivity index is 1.13. The molecule has 1 aromatic heterocycles. The van der Waals surface area contributed by atoms with Crippen LogP contribution < -0.4 is 9.64 Å². The first-order valence-corrected chi connectivity index (χ1v) is 23.7. The monoisotopic (exact) mass is 882 g/mol. The minimum absolute atomic E-state index is 0.658. The maximum Gasteiger partial charge on any atom is 0.134 e. The lowest BCUT2D eigenvalue weighted by Crippen LogP contribution is -2.36. The summed E-state index contributed by atoms with van der Waals surface area (Å²) in [5.41, 5.74) is 17.3. The Kier molecular flexibility index (Phi) is 9.45. The van der Waals surface area contributed by atoms with Crippen molar-refractivity contribution < 1.29 is 4.74 Å². The standard InChI is InChI=1S/C66H46N2O/c1-3-5-21-44(4-2)50-30-20-31-51(45-22-8-6-9-23-45)65(50)67(48-39-41-61-55(42-48)53-29-13-16-36-60(53)68(61)47-26-10-7-11-27-47)49-38-40-58-63(43-49)69-62-37-17-15-34-57(62)66(58)56-33-14-12-28-52(56)54-32-18-24-46-25-19-35-59(66)64(46)54/h3-43H,2H2,1H3/b5-3-,44-21+. The van der Waals surface area contributed by atoms with Gasteiger partial charge >= 0.3 is 0 Å². The molecular weight excluding hydrogens is 837 g/mol. The molecule has 1 aliphatic heterocycles. The van der Waals surface area contributed by atoms with Gasteiger partial charge in [0.2, 0.25) is 0 Å². The van der Waals surface area contributed by atoms with Crippen molar-refractivity contribution in [3.8, 4) is 39.4 Å². The molecule has 1 unspecified atom stereocenters. The third-order valence-corrected chi connectivity index (χ3v) is 14.3. The summed E-state index contributed by atoms with van der Waals surface area (Å²) in [6, 6.07) is 81.8. The molecule has 2 heterocycles. The normalized spacial score (nSPS) is 14.7. The maximum atomic E-state index is 7.25. The van der Waals surface area contributed by atoms with Crippen LogP contribution in [-0.4, -0.2) is 4.57 Å². The maximum absolute atomic E-state index is 7.25. The summed E-state index contributed by atoms with van der Waals surface area (Å²) in [5, 5.41) is 4.86. The number of nitrogens with zero attached hydrogens (tertiary/aromatic N) is 2. The molecule has 326 valence electrons. The topological polar surface area (TPSA) is 17.4 Å². The van der Waals surface area contributed by atoms with Gasteiger partial charge in [-0.25, -0.2) is 0 Å². The summed E-state index contributed by atoms with van der Waals surface area (Å²) >= 11 is 0. The van der Waals surface area contributed by atoms with E-state index >= 15 is 0 Å². The quantitative estimate of drug-likeness (QED) is 0.142. The van der Waals surface area contributed by atoms with E-state index in [1.165, 1.54) is 38.4 Å². The molecule has 0 N–H and O–H groups in total. The number of ether oxygens (including phenoxy) is 1. The molecule has 0 saturated heterocycles. The lowest BCUT2D eigenvalue weighted by atomic mass is 9.58. The number of aromatic nitrogens is 1. The van der Waals surface area contributed by atoms with Crippen molar-refractivity contribution in [1.29, 1.82) is 0 Å². The van der Waals surface area contributed by atoms with Gasteiger partial charge in [0.1, 0.15) is 11.5 Å². The first kappa shape index (κ1) is 40.4. The molecule has 2 aliphatic rings. The smallest absolute Gasteiger partial charge is 0.134 e. The molecule has 0 bridgehead atoms. The third-order valence-electron chi connectivity index (χ3n) is 14.3. The minimum Gasteiger partial charge on any atom is -0.457 e. The number of para-hydroxylation sites is 4. The second-order valence-electron chi connectivity index (χ2n) is 17.9. The van der Waals surface area contributed by atoms with Crippen LogP contribution in [0.15, 0.2) is 255 Å². The van der Waals surface area contributed by atoms with Gasteiger partial charge in [-0.2, -0.15) is 0 Å². The highest BCUT2D eigenvalue weighted by Gasteiger charge is 2.49. The third kappa shape index (κ3) is 6.07. The molecule has 0 fully saturated rings. The van der Waals surface area contributed by atoms with Crippen LogP contribution in [0.3, 0.4) is 0 Å². The molecule has 0 amide bonds. The Hall–Kier alpha value is -8.92. The summed E-state index contributed by atoms with van der Waals surface area (Å²) in [6.07, 6.45) is 8.29. The van der Waals surface area contributed by atoms with Crippen LogP contribution in [0.1, 0.15) is 34.7 Å². The molecule has 10 aromatic carbocycles. The van der Waals surface area contributed by atoms with Crippen LogP contribution in [-0.2, 0) is 5.41 Å². The Morgan fingerprint density at radius 1 is 0.522 bits per heavy atom. The fraction of sp³-hybridized carbons (Fsp3) is 0.0303. The van der Waals surface area contributed by atoms with Crippen LogP contribution in [0.25, 0.3) is 66.1 Å². The van der Waals surface area contributed by atoms with Crippen molar-refractivity contribution in [3.05, 3.63) is 283 Å². The van der Waals surface area contributed by atoms with Gasteiger partial charge in [-0.1, -0.05) is 201 Å².